The van der Waals surface area contributed by atoms with Gasteiger partial charge in [0.25, 0.3) is 0 Å². The highest BCUT2D eigenvalue weighted by molar-refractivity contribution is 7.28. The number of hydrogen-bond donors (Lipinski definition) is 0. The van der Waals surface area contributed by atoms with Crippen LogP contribution in [-0.2, 0) is 5.41 Å². The number of rotatable bonds is 0. The van der Waals surface area contributed by atoms with Gasteiger partial charge in [-0.1, -0.05) is 63.2 Å². The molecule has 0 atom stereocenters. The van der Waals surface area contributed by atoms with Crippen LogP contribution in [0.25, 0.3) is 51.1 Å². The van der Waals surface area contributed by atoms with Gasteiger partial charge >= 0.3 is 0 Å². The molecule has 0 unspecified atom stereocenters. The van der Waals surface area contributed by atoms with E-state index in [0.29, 0.717) is 0 Å². The van der Waals surface area contributed by atoms with Gasteiger partial charge in [-0.25, -0.2) is 0 Å². The van der Waals surface area contributed by atoms with Crippen molar-refractivity contribution in [2.45, 2.75) is 26.2 Å². The van der Waals surface area contributed by atoms with Gasteiger partial charge in [-0.05, 0) is 46.0 Å². The minimum atomic E-state index is 0.115. The van der Waals surface area contributed by atoms with Crippen LogP contribution in [0.4, 0.5) is 0 Å². The van der Waals surface area contributed by atoms with Crippen LogP contribution in [0.1, 0.15) is 26.3 Å². The Morgan fingerprint density at radius 1 is 0.536 bits per heavy atom. The monoisotopic (exact) mass is 396 g/mol. The summed E-state index contributed by atoms with van der Waals surface area (Å²) < 4.78 is 5.57. The average Bonchev–Trinajstić information content (AvgIpc) is 3.24. The minimum absolute atomic E-state index is 0.115. The summed E-state index contributed by atoms with van der Waals surface area (Å²) in [5.74, 6) is 0. The molecule has 0 amide bonds. The molecule has 2 heteroatoms. The fourth-order valence-corrected chi connectivity index (χ4v) is 6.83. The second-order valence-corrected chi connectivity index (χ2v) is 10.8. The molecule has 0 spiro atoms. The van der Waals surface area contributed by atoms with E-state index in [1.165, 1.54) is 56.7 Å². The van der Waals surface area contributed by atoms with Crippen molar-refractivity contribution in [2.24, 2.45) is 0 Å². The third kappa shape index (κ3) is 2.16. The average molecular weight is 397 g/mol. The Labute approximate surface area is 172 Å². The van der Waals surface area contributed by atoms with Gasteiger partial charge < -0.3 is 0 Å². The van der Waals surface area contributed by atoms with Crippen LogP contribution in [0.3, 0.4) is 0 Å². The topological polar surface area (TPSA) is 0 Å². The molecule has 0 N–H and O–H groups in total. The van der Waals surface area contributed by atoms with Crippen molar-refractivity contribution >= 4 is 73.8 Å². The third-order valence-corrected chi connectivity index (χ3v) is 8.03. The van der Waals surface area contributed by atoms with Gasteiger partial charge in [0.1, 0.15) is 0 Å². The molecular formula is C26H20S2. The summed E-state index contributed by atoms with van der Waals surface area (Å²) >= 11 is 3.85. The summed E-state index contributed by atoms with van der Waals surface area (Å²) in [6.45, 7) is 6.98. The van der Waals surface area contributed by atoms with E-state index in [1.54, 1.807) is 0 Å². The highest BCUT2D eigenvalue weighted by atomic mass is 32.1. The number of fused-ring (bicyclic) bond motifs is 9. The molecule has 136 valence electrons. The second kappa shape index (κ2) is 5.56. The lowest BCUT2D eigenvalue weighted by atomic mass is 9.84. The predicted molar refractivity (Wildman–Crippen MR) is 128 cm³/mol. The van der Waals surface area contributed by atoms with E-state index in [2.05, 4.69) is 87.5 Å². The van der Waals surface area contributed by atoms with Crippen molar-refractivity contribution in [3.63, 3.8) is 0 Å². The van der Waals surface area contributed by atoms with Crippen molar-refractivity contribution in [1.82, 2.24) is 0 Å². The first-order valence-electron chi connectivity index (χ1n) is 9.71. The Bertz CT molecular complexity index is 1540. The summed E-state index contributed by atoms with van der Waals surface area (Å²) in [7, 11) is 0. The van der Waals surface area contributed by atoms with Crippen LogP contribution in [0.15, 0.2) is 66.7 Å². The lowest BCUT2D eigenvalue weighted by Gasteiger charge is -2.20. The van der Waals surface area contributed by atoms with Gasteiger partial charge in [0.15, 0.2) is 0 Å². The lowest BCUT2D eigenvalue weighted by molar-refractivity contribution is 0.596. The van der Waals surface area contributed by atoms with Crippen LogP contribution >= 0.6 is 22.7 Å². The SMILES string of the molecule is CC(C)(C)c1cccc2sc3ccc4sc5ccc6ccccc6c5c4c3c12. The van der Waals surface area contributed by atoms with Gasteiger partial charge in [0.05, 0.1) is 0 Å². The predicted octanol–water partition coefficient (Wildman–Crippen LogP) is 8.87. The summed E-state index contributed by atoms with van der Waals surface area (Å²) in [5.41, 5.74) is 1.56. The van der Waals surface area contributed by atoms with Crippen molar-refractivity contribution < 1.29 is 0 Å². The van der Waals surface area contributed by atoms with Crippen LogP contribution in [-0.4, -0.2) is 0 Å². The smallest absolute Gasteiger partial charge is 0.0362 e. The first-order chi connectivity index (χ1) is 13.5. The standard InChI is InChI=1S/C26H20S2/c1-26(2,3)17-9-6-10-18-23(17)25-21(27-18)14-13-20-24(25)22-16-8-5-4-7-15(16)11-12-19(22)28-20/h4-14H,1-3H3. The molecule has 0 fully saturated rings. The molecule has 0 saturated carbocycles. The zero-order valence-corrected chi connectivity index (χ0v) is 17.8. The Hall–Kier alpha value is -2.42. The Morgan fingerprint density at radius 3 is 1.89 bits per heavy atom. The zero-order valence-electron chi connectivity index (χ0n) is 16.2. The van der Waals surface area contributed by atoms with Gasteiger partial charge in [-0.3, -0.25) is 0 Å². The first-order valence-corrected chi connectivity index (χ1v) is 11.3. The summed E-state index contributed by atoms with van der Waals surface area (Å²) in [4.78, 5) is 0. The van der Waals surface area contributed by atoms with Gasteiger partial charge in [0.2, 0.25) is 0 Å². The maximum absolute atomic E-state index is 2.33. The third-order valence-electron chi connectivity index (χ3n) is 5.79. The number of thiophene rings is 2. The highest BCUT2D eigenvalue weighted by Gasteiger charge is 2.22. The second-order valence-electron chi connectivity index (χ2n) is 8.60. The molecule has 2 aromatic heterocycles. The van der Waals surface area contributed by atoms with E-state index in [4.69, 9.17) is 0 Å². The van der Waals surface area contributed by atoms with E-state index >= 15 is 0 Å². The molecule has 6 aromatic rings. The molecule has 0 saturated heterocycles. The Balaban J connectivity index is 1.96. The lowest BCUT2D eigenvalue weighted by Crippen LogP contribution is -2.11. The Kier molecular flexibility index (Phi) is 3.28. The fraction of sp³-hybridized carbons (Fsp3) is 0.154. The van der Waals surface area contributed by atoms with E-state index in [-0.39, 0.29) is 5.41 Å². The molecule has 28 heavy (non-hydrogen) atoms. The van der Waals surface area contributed by atoms with Gasteiger partial charge in [-0.2, -0.15) is 0 Å². The van der Waals surface area contributed by atoms with Gasteiger partial charge in [-0.15, -0.1) is 22.7 Å². The zero-order chi connectivity index (χ0) is 19.0. The molecular weight excluding hydrogens is 376 g/mol. The van der Waals surface area contributed by atoms with Crippen LogP contribution in [0, 0.1) is 0 Å². The summed E-state index contributed by atoms with van der Waals surface area (Å²) in [6, 6.07) is 24.8. The molecule has 2 heterocycles. The molecule has 0 bridgehead atoms. The van der Waals surface area contributed by atoms with Crippen LogP contribution < -0.4 is 0 Å². The fourth-order valence-electron chi connectivity index (χ4n) is 4.56. The highest BCUT2D eigenvalue weighted by Crippen LogP contribution is 2.48. The minimum Gasteiger partial charge on any atom is -0.135 e. The molecule has 4 aromatic carbocycles. The van der Waals surface area contributed by atoms with Crippen LogP contribution in [0.2, 0.25) is 0 Å². The Morgan fingerprint density at radius 2 is 1.14 bits per heavy atom. The summed E-state index contributed by atoms with van der Waals surface area (Å²) in [5, 5.41) is 8.46. The van der Waals surface area contributed by atoms with Crippen LogP contribution in [0.5, 0.6) is 0 Å². The van der Waals surface area contributed by atoms with Crippen molar-refractivity contribution in [3.05, 3.63) is 72.3 Å². The molecule has 0 aliphatic rings. The number of hydrogen-bond acceptors (Lipinski definition) is 2. The molecule has 6 rings (SSSR count). The molecule has 0 radical (unpaired) electrons. The molecule has 0 aliphatic carbocycles. The maximum Gasteiger partial charge on any atom is 0.0362 e. The van der Waals surface area contributed by atoms with Crippen molar-refractivity contribution in [1.29, 1.82) is 0 Å². The summed E-state index contributed by atoms with van der Waals surface area (Å²) in [6.07, 6.45) is 0. The largest absolute Gasteiger partial charge is 0.135 e. The van der Waals surface area contributed by atoms with Crippen molar-refractivity contribution in [2.75, 3.05) is 0 Å². The van der Waals surface area contributed by atoms with Gasteiger partial charge in [0, 0.05) is 40.3 Å². The van der Waals surface area contributed by atoms with Crippen molar-refractivity contribution in [3.8, 4) is 0 Å². The van der Waals surface area contributed by atoms with E-state index in [9.17, 15) is 0 Å². The number of benzene rings is 4. The van der Waals surface area contributed by atoms with E-state index in [0.717, 1.165) is 0 Å². The maximum atomic E-state index is 2.33. The normalized spacial score (nSPS) is 12.8. The first kappa shape index (κ1) is 16.5. The van der Waals surface area contributed by atoms with E-state index in [1.807, 2.05) is 22.7 Å². The molecule has 0 aliphatic heterocycles. The molecule has 0 nitrogen and oxygen atoms in total. The quantitative estimate of drug-likeness (QED) is 0.240. The van der Waals surface area contributed by atoms with E-state index < -0.39 is 0 Å².